The van der Waals surface area contributed by atoms with Crippen molar-refractivity contribution in [1.82, 2.24) is 5.32 Å². The van der Waals surface area contributed by atoms with Crippen LogP contribution in [0.2, 0.25) is 0 Å². The Hall–Kier alpha value is -0.120. The van der Waals surface area contributed by atoms with Crippen molar-refractivity contribution in [2.24, 2.45) is 5.41 Å². The summed E-state index contributed by atoms with van der Waals surface area (Å²) in [7, 11) is 0. The lowest BCUT2D eigenvalue weighted by Crippen LogP contribution is -2.44. The van der Waals surface area contributed by atoms with Crippen molar-refractivity contribution in [3.05, 3.63) is 0 Å². The zero-order valence-electron chi connectivity index (χ0n) is 10.1. The average Bonchev–Trinajstić information content (AvgIpc) is 1.97. The maximum atomic E-state index is 10.1. The van der Waals surface area contributed by atoms with Crippen molar-refractivity contribution in [3.63, 3.8) is 0 Å². The van der Waals surface area contributed by atoms with E-state index in [0.29, 0.717) is 13.0 Å². The van der Waals surface area contributed by atoms with Crippen LogP contribution in [0.5, 0.6) is 0 Å². The maximum absolute atomic E-state index is 10.1. The fraction of sp³-hybridized carbons (Fsp3) is 1.00. The SMILES string of the molecule is CCNC[C@H](O)C[C@@](C)(O)C(C)(C)C. The highest BCUT2D eigenvalue weighted by Gasteiger charge is 2.36. The molecule has 0 amide bonds. The fourth-order valence-corrected chi connectivity index (χ4v) is 1.15. The van der Waals surface area contributed by atoms with E-state index in [1.54, 1.807) is 6.92 Å². The zero-order chi connectivity index (χ0) is 11.4. The summed E-state index contributed by atoms with van der Waals surface area (Å²) in [6.45, 7) is 11.1. The van der Waals surface area contributed by atoms with Gasteiger partial charge in [0.1, 0.15) is 0 Å². The first-order valence-electron chi connectivity index (χ1n) is 5.32. The molecule has 3 heteroatoms. The molecule has 3 N–H and O–H groups in total. The summed E-state index contributed by atoms with van der Waals surface area (Å²) < 4.78 is 0. The summed E-state index contributed by atoms with van der Waals surface area (Å²) in [4.78, 5) is 0. The summed E-state index contributed by atoms with van der Waals surface area (Å²) >= 11 is 0. The van der Waals surface area contributed by atoms with Crippen LogP contribution in [-0.2, 0) is 0 Å². The molecule has 0 aromatic heterocycles. The third kappa shape index (κ3) is 4.40. The monoisotopic (exact) mass is 203 g/mol. The minimum Gasteiger partial charge on any atom is -0.392 e. The molecule has 0 saturated heterocycles. The molecule has 0 radical (unpaired) electrons. The quantitative estimate of drug-likeness (QED) is 0.628. The minimum absolute atomic E-state index is 0.208. The first-order valence-corrected chi connectivity index (χ1v) is 5.32. The summed E-state index contributed by atoms with van der Waals surface area (Å²) in [6, 6.07) is 0. The Morgan fingerprint density at radius 2 is 1.71 bits per heavy atom. The van der Waals surface area contributed by atoms with E-state index in [9.17, 15) is 10.2 Å². The van der Waals surface area contributed by atoms with Gasteiger partial charge in [-0.2, -0.15) is 0 Å². The van der Waals surface area contributed by atoms with Crippen LogP contribution in [0, 0.1) is 5.41 Å². The Labute approximate surface area is 87.5 Å². The lowest BCUT2D eigenvalue weighted by atomic mass is 9.74. The molecule has 14 heavy (non-hydrogen) atoms. The summed E-state index contributed by atoms with van der Waals surface area (Å²) in [5.41, 5.74) is -1.04. The van der Waals surface area contributed by atoms with Crippen LogP contribution in [0.3, 0.4) is 0 Å². The van der Waals surface area contributed by atoms with Crippen molar-refractivity contribution in [2.45, 2.75) is 52.7 Å². The molecule has 2 atom stereocenters. The largest absolute Gasteiger partial charge is 0.392 e. The van der Waals surface area contributed by atoms with Gasteiger partial charge in [-0.05, 0) is 18.9 Å². The Balaban J connectivity index is 4.08. The van der Waals surface area contributed by atoms with E-state index in [-0.39, 0.29) is 5.41 Å². The molecule has 3 nitrogen and oxygen atoms in total. The van der Waals surface area contributed by atoms with E-state index in [1.807, 2.05) is 27.7 Å². The van der Waals surface area contributed by atoms with Crippen molar-refractivity contribution in [3.8, 4) is 0 Å². The molecule has 0 rings (SSSR count). The molecule has 0 heterocycles. The summed E-state index contributed by atoms with van der Waals surface area (Å²) in [5, 5.41) is 22.9. The van der Waals surface area contributed by atoms with Crippen LogP contribution in [0.4, 0.5) is 0 Å². The van der Waals surface area contributed by atoms with Crippen LogP contribution >= 0.6 is 0 Å². The Morgan fingerprint density at radius 3 is 2.07 bits per heavy atom. The zero-order valence-corrected chi connectivity index (χ0v) is 10.1. The van der Waals surface area contributed by atoms with Gasteiger partial charge in [-0.25, -0.2) is 0 Å². The van der Waals surface area contributed by atoms with Crippen molar-refractivity contribution >= 4 is 0 Å². The predicted molar refractivity (Wildman–Crippen MR) is 59.2 cm³/mol. The van der Waals surface area contributed by atoms with Crippen LogP contribution in [-0.4, -0.2) is 35.0 Å². The van der Waals surface area contributed by atoms with Gasteiger partial charge in [0.25, 0.3) is 0 Å². The second-order valence-electron chi connectivity index (χ2n) is 5.19. The van der Waals surface area contributed by atoms with Crippen LogP contribution in [0.25, 0.3) is 0 Å². The average molecular weight is 203 g/mol. The molecule has 0 fully saturated rings. The summed E-state index contributed by atoms with van der Waals surface area (Å²) in [6.07, 6.45) is -0.0760. The molecule has 0 saturated carbocycles. The number of aliphatic hydroxyl groups excluding tert-OH is 1. The highest BCUT2D eigenvalue weighted by molar-refractivity contribution is 4.88. The van der Waals surface area contributed by atoms with E-state index in [1.165, 1.54) is 0 Å². The van der Waals surface area contributed by atoms with Gasteiger partial charge in [-0.15, -0.1) is 0 Å². The molecular formula is C11H25NO2. The minimum atomic E-state index is -0.832. The number of aliphatic hydroxyl groups is 2. The molecule has 0 aliphatic carbocycles. The van der Waals surface area contributed by atoms with Crippen LogP contribution in [0.15, 0.2) is 0 Å². The van der Waals surface area contributed by atoms with Gasteiger partial charge in [0.2, 0.25) is 0 Å². The highest BCUT2D eigenvalue weighted by atomic mass is 16.3. The van der Waals surface area contributed by atoms with Gasteiger partial charge in [0.05, 0.1) is 11.7 Å². The summed E-state index contributed by atoms with van der Waals surface area (Å²) in [5.74, 6) is 0. The molecule has 0 unspecified atom stereocenters. The molecule has 0 aliphatic heterocycles. The first-order chi connectivity index (χ1) is 6.20. The number of rotatable bonds is 5. The van der Waals surface area contributed by atoms with Gasteiger partial charge in [-0.1, -0.05) is 27.7 Å². The Bertz CT molecular complexity index is 161. The Morgan fingerprint density at radius 1 is 1.21 bits per heavy atom. The standard InChI is InChI=1S/C11H25NO2/c1-6-12-8-9(13)7-11(5,14)10(2,3)4/h9,12-14H,6-8H2,1-5H3/t9-,11-/m1/s1. The number of likely N-dealkylation sites (N-methyl/N-ethyl adjacent to an activating group) is 1. The lowest BCUT2D eigenvalue weighted by Gasteiger charge is -2.38. The van der Waals surface area contributed by atoms with Crippen molar-refractivity contribution in [1.29, 1.82) is 0 Å². The molecular weight excluding hydrogens is 178 g/mol. The number of nitrogens with one attached hydrogen (secondary N) is 1. The molecule has 86 valence electrons. The number of hydrogen-bond acceptors (Lipinski definition) is 3. The molecule has 0 aromatic carbocycles. The topological polar surface area (TPSA) is 52.5 Å². The van der Waals surface area contributed by atoms with Gasteiger partial charge in [0, 0.05) is 13.0 Å². The van der Waals surface area contributed by atoms with Crippen molar-refractivity contribution in [2.75, 3.05) is 13.1 Å². The van der Waals surface area contributed by atoms with Crippen LogP contribution < -0.4 is 5.32 Å². The van der Waals surface area contributed by atoms with E-state index in [4.69, 9.17) is 0 Å². The van der Waals surface area contributed by atoms with E-state index in [2.05, 4.69) is 5.32 Å². The van der Waals surface area contributed by atoms with E-state index >= 15 is 0 Å². The second-order valence-corrected chi connectivity index (χ2v) is 5.19. The first kappa shape index (κ1) is 13.9. The van der Waals surface area contributed by atoms with Gasteiger partial charge in [-0.3, -0.25) is 0 Å². The van der Waals surface area contributed by atoms with Crippen LogP contribution in [0.1, 0.15) is 41.0 Å². The van der Waals surface area contributed by atoms with Gasteiger partial charge in [0.15, 0.2) is 0 Å². The van der Waals surface area contributed by atoms with Gasteiger partial charge >= 0.3 is 0 Å². The highest BCUT2D eigenvalue weighted by Crippen LogP contribution is 2.33. The normalized spacial score (nSPS) is 19.1. The van der Waals surface area contributed by atoms with Crippen molar-refractivity contribution < 1.29 is 10.2 Å². The second kappa shape index (κ2) is 5.10. The van der Waals surface area contributed by atoms with Gasteiger partial charge < -0.3 is 15.5 Å². The maximum Gasteiger partial charge on any atom is 0.0692 e. The smallest absolute Gasteiger partial charge is 0.0692 e. The number of hydrogen-bond donors (Lipinski definition) is 3. The molecule has 0 aliphatic rings. The Kier molecular flexibility index (Phi) is 5.06. The fourth-order valence-electron chi connectivity index (χ4n) is 1.15. The third-order valence-corrected chi connectivity index (χ3v) is 2.88. The molecule has 0 bridgehead atoms. The predicted octanol–water partition coefficient (Wildman–Crippen LogP) is 1.14. The molecule has 0 spiro atoms. The lowest BCUT2D eigenvalue weighted by molar-refractivity contribution is -0.0736. The van der Waals surface area contributed by atoms with E-state index in [0.717, 1.165) is 6.54 Å². The van der Waals surface area contributed by atoms with E-state index < -0.39 is 11.7 Å². The third-order valence-electron chi connectivity index (χ3n) is 2.88. The molecule has 0 aromatic rings.